The molecule has 0 saturated carbocycles. The highest BCUT2D eigenvalue weighted by Crippen LogP contribution is 2.34. The maximum atomic E-state index is 12.8. The molecule has 7 nitrogen and oxygen atoms in total. The molecule has 8 heteroatoms. The van der Waals surface area contributed by atoms with Crippen LogP contribution in [0.5, 0.6) is 0 Å². The van der Waals surface area contributed by atoms with Gasteiger partial charge in [-0.25, -0.2) is 4.79 Å². The fourth-order valence-electron chi connectivity index (χ4n) is 3.08. The second-order valence-corrected chi connectivity index (χ2v) is 6.62. The molecule has 0 radical (unpaired) electrons. The number of ether oxygens (including phenoxy) is 1. The monoisotopic (exact) mass is 397 g/mol. The van der Waals surface area contributed by atoms with Crippen molar-refractivity contribution in [3.05, 3.63) is 80.9 Å². The van der Waals surface area contributed by atoms with Crippen LogP contribution in [0.4, 0.5) is 5.69 Å². The van der Waals surface area contributed by atoms with Crippen molar-refractivity contribution in [3.8, 4) is 0 Å². The first-order valence-corrected chi connectivity index (χ1v) is 9.12. The van der Waals surface area contributed by atoms with Crippen molar-refractivity contribution in [3.63, 3.8) is 0 Å². The van der Waals surface area contributed by atoms with Gasteiger partial charge in [0, 0.05) is 11.6 Å². The average Bonchev–Trinajstić information content (AvgIpc) is 2.68. The van der Waals surface area contributed by atoms with E-state index >= 15 is 0 Å². The molecule has 1 heterocycles. The molecular formula is C20H19N3O4S. The van der Waals surface area contributed by atoms with Gasteiger partial charge in [-0.05, 0) is 37.2 Å². The second-order valence-electron chi connectivity index (χ2n) is 6.21. The predicted octanol–water partition coefficient (Wildman–Crippen LogP) is 3.40. The Morgan fingerprint density at radius 1 is 1.25 bits per heavy atom. The number of nitro groups is 1. The Balaban J connectivity index is 2.20. The Morgan fingerprint density at radius 2 is 1.96 bits per heavy atom. The van der Waals surface area contributed by atoms with Crippen LogP contribution in [0.15, 0.2) is 54.1 Å². The largest absolute Gasteiger partial charge is 0.463 e. The number of carbonyl (C=O) groups is 1. The van der Waals surface area contributed by atoms with Gasteiger partial charge in [-0.1, -0.05) is 42.5 Å². The highest BCUT2D eigenvalue weighted by atomic mass is 32.1. The van der Waals surface area contributed by atoms with Crippen LogP contribution < -0.4 is 10.6 Å². The fraction of sp³-hybridized carbons (Fsp3) is 0.200. The molecule has 2 aromatic carbocycles. The van der Waals surface area contributed by atoms with Gasteiger partial charge < -0.3 is 15.4 Å². The Bertz CT molecular complexity index is 973. The van der Waals surface area contributed by atoms with E-state index in [2.05, 4.69) is 10.6 Å². The van der Waals surface area contributed by atoms with E-state index in [0.717, 1.165) is 5.56 Å². The topological polar surface area (TPSA) is 93.5 Å². The predicted molar refractivity (Wildman–Crippen MR) is 109 cm³/mol. The number of nitro benzene ring substituents is 1. The second kappa shape index (κ2) is 8.18. The summed E-state index contributed by atoms with van der Waals surface area (Å²) in [5.74, 6) is -0.517. The Labute approximate surface area is 167 Å². The van der Waals surface area contributed by atoms with E-state index in [1.807, 2.05) is 30.3 Å². The standard InChI is InChI=1S/C20H19N3O4S/c1-3-27-19(24)16-17(13-7-5-4-6-8-13)21-20(28)22-18(16)14-10-9-12(2)15(11-14)23(25)26/h4-11,18H,3H2,1-2H3,(H2,21,22,28)/t18-/m1/s1. The zero-order valence-corrected chi connectivity index (χ0v) is 16.2. The molecule has 0 bridgehead atoms. The number of hydrogen-bond acceptors (Lipinski definition) is 5. The van der Waals surface area contributed by atoms with Gasteiger partial charge in [0.15, 0.2) is 5.11 Å². The molecule has 144 valence electrons. The number of nitrogens with one attached hydrogen (secondary N) is 2. The van der Waals surface area contributed by atoms with Gasteiger partial charge in [0.1, 0.15) is 0 Å². The molecule has 0 spiro atoms. The van der Waals surface area contributed by atoms with Crippen molar-refractivity contribution in [2.24, 2.45) is 0 Å². The lowest BCUT2D eigenvalue weighted by atomic mass is 9.92. The number of hydrogen-bond donors (Lipinski definition) is 2. The molecular weight excluding hydrogens is 378 g/mol. The Kier molecular flexibility index (Phi) is 5.70. The molecule has 28 heavy (non-hydrogen) atoms. The van der Waals surface area contributed by atoms with Gasteiger partial charge >= 0.3 is 5.97 Å². The molecule has 0 saturated heterocycles. The number of aryl methyl sites for hydroxylation is 1. The summed E-state index contributed by atoms with van der Waals surface area (Å²) in [6.45, 7) is 3.59. The first-order chi connectivity index (χ1) is 13.4. The van der Waals surface area contributed by atoms with Crippen LogP contribution >= 0.6 is 12.2 Å². The number of nitrogens with zero attached hydrogens (tertiary/aromatic N) is 1. The van der Waals surface area contributed by atoms with Crippen molar-refractivity contribution in [2.75, 3.05) is 6.61 Å². The summed E-state index contributed by atoms with van der Waals surface area (Å²) >= 11 is 5.33. The van der Waals surface area contributed by atoms with Crippen molar-refractivity contribution >= 4 is 34.7 Å². The van der Waals surface area contributed by atoms with E-state index in [1.165, 1.54) is 6.07 Å². The van der Waals surface area contributed by atoms with Crippen LogP contribution in [0.25, 0.3) is 5.70 Å². The lowest BCUT2D eigenvalue weighted by Crippen LogP contribution is -2.45. The molecule has 1 aliphatic heterocycles. The summed E-state index contributed by atoms with van der Waals surface area (Å²) in [7, 11) is 0. The third kappa shape index (κ3) is 3.86. The third-order valence-electron chi connectivity index (χ3n) is 4.39. The van der Waals surface area contributed by atoms with Crippen molar-refractivity contribution in [1.82, 2.24) is 10.6 Å². The van der Waals surface area contributed by atoms with E-state index in [-0.39, 0.29) is 12.3 Å². The normalized spacial score (nSPS) is 16.2. The van der Waals surface area contributed by atoms with E-state index in [1.54, 1.807) is 26.0 Å². The zero-order valence-electron chi connectivity index (χ0n) is 15.4. The minimum atomic E-state index is -0.678. The van der Waals surface area contributed by atoms with Crippen LogP contribution in [-0.4, -0.2) is 22.6 Å². The smallest absolute Gasteiger partial charge is 0.338 e. The zero-order chi connectivity index (χ0) is 20.3. The molecule has 0 amide bonds. The number of rotatable bonds is 5. The molecule has 1 aliphatic rings. The van der Waals surface area contributed by atoms with Crippen molar-refractivity contribution < 1.29 is 14.5 Å². The van der Waals surface area contributed by atoms with E-state index < -0.39 is 16.9 Å². The van der Waals surface area contributed by atoms with Crippen LogP contribution in [0.2, 0.25) is 0 Å². The van der Waals surface area contributed by atoms with Gasteiger partial charge in [-0.3, -0.25) is 10.1 Å². The van der Waals surface area contributed by atoms with Gasteiger partial charge in [0.2, 0.25) is 0 Å². The van der Waals surface area contributed by atoms with E-state index in [9.17, 15) is 14.9 Å². The highest BCUT2D eigenvalue weighted by molar-refractivity contribution is 7.80. The van der Waals surface area contributed by atoms with Crippen molar-refractivity contribution in [1.29, 1.82) is 0 Å². The fourth-order valence-corrected chi connectivity index (χ4v) is 3.30. The highest BCUT2D eigenvalue weighted by Gasteiger charge is 2.34. The number of carbonyl (C=O) groups excluding carboxylic acids is 1. The summed E-state index contributed by atoms with van der Waals surface area (Å²) in [6.07, 6.45) is 0. The number of benzene rings is 2. The van der Waals surface area contributed by atoms with Gasteiger partial charge in [-0.2, -0.15) is 0 Å². The van der Waals surface area contributed by atoms with Crippen molar-refractivity contribution in [2.45, 2.75) is 19.9 Å². The Morgan fingerprint density at radius 3 is 2.61 bits per heavy atom. The van der Waals surface area contributed by atoms with Gasteiger partial charge in [0.25, 0.3) is 5.69 Å². The minimum absolute atomic E-state index is 0.0202. The molecule has 0 aromatic heterocycles. The summed E-state index contributed by atoms with van der Waals surface area (Å²) in [5.41, 5.74) is 2.68. The summed E-state index contributed by atoms with van der Waals surface area (Å²) in [6, 6.07) is 13.5. The quantitative estimate of drug-likeness (QED) is 0.346. The summed E-state index contributed by atoms with van der Waals surface area (Å²) < 4.78 is 5.27. The van der Waals surface area contributed by atoms with E-state index in [4.69, 9.17) is 17.0 Å². The molecule has 2 N–H and O–H groups in total. The molecule has 0 aliphatic carbocycles. The molecule has 3 rings (SSSR count). The summed E-state index contributed by atoms with van der Waals surface area (Å²) in [5, 5.41) is 17.8. The lowest BCUT2D eigenvalue weighted by Gasteiger charge is -2.31. The molecule has 0 unspecified atom stereocenters. The van der Waals surface area contributed by atoms with Crippen LogP contribution in [0.3, 0.4) is 0 Å². The maximum absolute atomic E-state index is 12.8. The van der Waals surface area contributed by atoms with Crippen LogP contribution in [0, 0.1) is 17.0 Å². The van der Waals surface area contributed by atoms with Crippen LogP contribution in [-0.2, 0) is 9.53 Å². The van der Waals surface area contributed by atoms with E-state index in [0.29, 0.717) is 27.5 Å². The van der Waals surface area contributed by atoms with Gasteiger partial charge in [0.05, 0.1) is 28.8 Å². The summed E-state index contributed by atoms with van der Waals surface area (Å²) in [4.78, 5) is 23.7. The molecule has 1 atom stereocenters. The maximum Gasteiger partial charge on any atom is 0.338 e. The number of thiocarbonyl (C=S) groups is 1. The minimum Gasteiger partial charge on any atom is -0.463 e. The average molecular weight is 397 g/mol. The number of esters is 1. The van der Waals surface area contributed by atoms with Crippen LogP contribution in [0.1, 0.15) is 29.7 Å². The molecule has 2 aromatic rings. The first-order valence-electron chi connectivity index (χ1n) is 8.71. The lowest BCUT2D eigenvalue weighted by molar-refractivity contribution is -0.385. The van der Waals surface area contributed by atoms with Gasteiger partial charge in [-0.15, -0.1) is 0 Å². The molecule has 0 fully saturated rings. The third-order valence-corrected chi connectivity index (χ3v) is 4.61. The first kappa shape index (κ1) is 19.5. The SMILES string of the molecule is CCOC(=O)C1=C(c2ccccc2)NC(=S)N[C@@H]1c1ccc(C)c([N+](=O)[O-])c1. The Hall–Kier alpha value is -3.26.